The molecule has 1 saturated heterocycles. The van der Waals surface area contributed by atoms with E-state index in [9.17, 15) is 14.0 Å². The van der Waals surface area contributed by atoms with Gasteiger partial charge in [0.05, 0.1) is 35.3 Å². The van der Waals surface area contributed by atoms with Gasteiger partial charge >= 0.3 is 0 Å². The molecular formula is C31H25FN6O3. The third kappa shape index (κ3) is 4.03. The molecule has 0 unspecified atom stereocenters. The van der Waals surface area contributed by atoms with Crippen LogP contribution in [0.2, 0.25) is 0 Å². The van der Waals surface area contributed by atoms with Gasteiger partial charge in [-0.15, -0.1) is 0 Å². The van der Waals surface area contributed by atoms with Crippen LogP contribution in [0.4, 0.5) is 10.1 Å². The fourth-order valence-electron chi connectivity index (χ4n) is 5.75. The van der Waals surface area contributed by atoms with E-state index in [-0.39, 0.29) is 11.3 Å². The number of halogens is 1. The number of morpholine rings is 1. The summed E-state index contributed by atoms with van der Waals surface area (Å²) < 4.78 is 20.7. The van der Waals surface area contributed by atoms with E-state index in [2.05, 4.69) is 32.0 Å². The first-order valence-corrected chi connectivity index (χ1v) is 13.2. The van der Waals surface area contributed by atoms with Gasteiger partial charge in [0.1, 0.15) is 12.1 Å². The minimum atomic E-state index is -0.628. The second kappa shape index (κ2) is 9.53. The van der Waals surface area contributed by atoms with E-state index >= 15 is 0 Å². The van der Waals surface area contributed by atoms with Crippen LogP contribution in [-0.4, -0.2) is 51.7 Å². The van der Waals surface area contributed by atoms with Crippen molar-refractivity contribution in [3.63, 3.8) is 0 Å². The Bertz CT molecular complexity index is 2080. The first-order chi connectivity index (χ1) is 19.9. The predicted molar refractivity (Wildman–Crippen MR) is 156 cm³/mol. The molecular weight excluding hydrogens is 523 g/mol. The zero-order chi connectivity index (χ0) is 28.2. The van der Waals surface area contributed by atoms with Gasteiger partial charge in [-0.2, -0.15) is 0 Å². The summed E-state index contributed by atoms with van der Waals surface area (Å²) in [6, 6.07) is 15.8. The molecule has 1 amide bonds. The molecule has 7 rings (SSSR count). The van der Waals surface area contributed by atoms with Crippen molar-refractivity contribution in [1.29, 1.82) is 0 Å². The van der Waals surface area contributed by atoms with Gasteiger partial charge in [-0.25, -0.2) is 14.4 Å². The lowest BCUT2D eigenvalue weighted by Gasteiger charge is -2.28. The van der Waals surface area contributed by atoms with E-state index in [0.29, 0.717) is 35.3 Å². The molecule has 1 aliphatic rings. The number of nitrogens with one attached hydrogen (secondary N) is 1. The van der Waals surface area contributed by atoms with Crippen LogP contribution in [0.15, 0.2) is 71.9 Å². The third-order valence-corrected chi connectivity index (χ3v) is 7.80. The number of amides is 1. The summed E-state index contributed by atoms with van der Waals surface area (Å²) in [6.45, 7) is 4.87. The topological polar surface area (TPSA) is 119 Å². The van der Waals surface area contributed by atoms with Gasteiger partial charge in [0.25, 0.3) is 11.5 Å². The molecule has 0 spiro atoms. The Morgan fingerprint density at radius 2 is 1.83 bits per heavy atom. The van der Waals surface area contributed by atoms with Gasteiger partial charge in [0.15, 0.2) is 5.69 Å². The van der Waals surface area contributed by atoms with Crippen LogP contribution in [0.3, 0.4) is 0 Å². The summed E-state index contributed by atoms with van der Waals surface area (Å²) in [5.41, 5.74) is 11.4. The van der Waals surface area contributed by atoms with Crippen molar-refractivity contribution >= 4 is 44.3 Å². The van der Waals surface area contributed by atoms with Gasteiger partial charge < -0.3 is 20.4 Å². The van der Waals surface area contributed by atoms with Gasteiger partial charge in [-0.3, -0.25) is 14.2 Å². The van der Waals surface area contributed by atoms with E-state index in [4.69, 9.17) is 10.5 Å². The lowest BCUT2D eigenvalue weighted by atomic mass is 9.95. The molecule has 10 heteroatoms. The summed E-state index contributed by atoms with van der Waals surface area (Å²) in [7, 11) is 0. The van der Waals surface area contributed by atoms with Crippen molar-refractivity contribution < 1.29 is 13.9 Å². The maximum absolute atomic E-state index is 13.7. The number of fused-ring (bicyclic) bond motifs is 4. The van der Waals surface area contributed by atoms with Gasteiger partial charge in [-0.05, 0) is 48.4 Å². The van der Waals surface area contributed by atoms with Crippen molar-refractivity contribution in [2.45, 2.75) is 6.92 Å². The zero-order valence-electron chi connectivity index (χ0n) is 22.1. The van der Waals surface area contributed by atoms with E-state index < -0.39 is 11.7 Å². The van der Waals surface area contributed by atoms with Crippen LogP contribution in [-0.2, 0) is 4.74 Å². The minimum Gasteiger partial charge on any atom is -0.378 e. The Morgan fingerprint density at radius 3 is 2.63 bits per heavy atom. The molecule has 0 aliphatic carbocycles. The van der Waals surface area contributed by atoms with Gasteiger partial charge in [0.2, 0.25) is 0 Å². The van der Waals surface area contributed by atoms with E-state index in [1.807, 2.05) is 31.2 Å². The maximum atomic E-state index is 13.7. The summed E-state index contributed by atoms with van der Waals surface area (Å²) in [4.78, 5) is 40.2. The zero-order valence-corrected chi connectivity index (χ0v) is 22.1. The molecule has 4 heterocycles. The normalized spacial score (nSPS) is 13.9. The minimum absolute atomic E-state index is 0.156. The molecule has 6 aromatic rings. The third-order valence-electron chi connectivity index (χ3n) is 7.80. The standard InChI is InChI=1S/C31H25FN6O3/c1-17-20(3-2-4-26(17)38-16-35-24-13-18(32)5-7-22(24)31(38)40)23-15-34-29(30(33)39)28-27(23)21-8-6-19(14-25(21)36-28)37-9-11-41-12-10-37/h2-8,13-16,36H,9-12H2,1H3,(H2,33,39). The first-order valence-electron chi connectivity index (χ1n) is 13.2. The number of H-pyrrole nitrogens is 1. The van der Waals surface area contributed by atoms with E-state index in [0.717, 1.165) is 51.8 Å². The molecule has 41 heavy (non-hydrogen) atoms. The number of pyridine rings is 1. The highest BCUT2D eigenvalue weighted by Gasteiger charge is 2.21. The molecule has 9 nitrogen and oxygen atoms in total. The summed E-state index contributed by atoms with van der Waals surface area (Å²) >= 11 is 0. The average molecular weight is 549 g/mol. The number of primary amides is 1. The summed E-state index contributed by atoms with van der Waals surface area (Å²) in [5, 5.41) is 2.06. The smallest absolute Gasteiger partial charge is 0.269 e. The second-order valence-corrected chi connectivity index (χ2v) is 10.1. The van der Waals surface area contributed by atoms with E-state index in [1.165, 1.54) is 29.1 Å². The van der Waals surface area contributed by atoms with Crippen molar-refractivity contribution in [3.05, 3.63) is 94.5 Å². The van der Waals surface area contributed by atoms with Crippen molar-refractivity contribution in [3.8, 4) is 16.8 Å². The molecule has 0 saturated carbocycles. The molecule has 0 bridgehead atoms. The number of carbonyl (C=O) groups is 1. The number of aromatic amines is 1. The van der Waals surface area contributed by atoms with Crippen molar-refractivity contribution in [1.82, 2.24) is 19.5 Å². The number of hydrogen-bond donors (Lipinski definition) is 2. The van der Waals surface area contributed by atoms with Crippen molar-refractivity contribution in [2.24, 2.45) is 5.73 Å². The Labute approximate surface area is 233 Å². The maximum Gasteiger partial charge on any atom is 0.269 e. The fraction of sp³-hybridized carbons (Fsp3) is 0.161. The van der Waals surface area contributed by atoms with Crippen LogP contribution < -0.4 is 16.2 Å². The van der Waals surface area contributed by atoms with Crippen LogP contribution in [0, 0.1) is 12.7 Å². The number of anilines is 1. The highest BCUT2D eigenvalue weighted by atomic mass is 19.1. The number of carbonyl (C=O) groups excluding carboxylic acids is 1. The molecule has 3 aromatic heterocycles. The van der Waals surface area contributed by atoms with Crippen LogP contribution in [0.1, 0.15) is 16.1 Å². The number of benzene rings is 3. The number of nitrogens with two attached hydrogens (primary N) is 1. The second-order valence-electron chi connectivity index (χ2n) is 10.1. The molecule has 0 atom stereocenters. The molecule has 3 N–H and O–H groups in total. The first kappa shape index (κ1) is 24.9. The Balaban J connectivity index is 1.43. The largest absolute Gasteiger partial charge is 0.378 e. The summed E-state index contributed by atoms with van der Waals surface area (Å²) in [6.07, 6.45) is 3.07. The quantitative estimate of drug-likeness (QED) is 0.336. The highest BCUT2D eigenvalue weighted by molar-refractivity contribution is 6.19. The van der Waals surface area contributed by atoms with Crippen LogP contribution >= 0.6 is 0 Å². The Kier molecular flexibility index (Phi) is 5.79. The monoisotopic (exact) mass is 548 g/mol. The number of ether oxygens (including phenoxy) is 1. The van der Waals surface area contributed by atoms with E-state index in [1.54, 1.807) is 6.20 Å². The number of hydrogen-bond acceptors (Lipinski definition) is 6. The van der Waals surface area contributed by atoms with Gasteiger partial charge in [-0.1, -0.05) is 18.2 Å². The van der Waals surface area contributed by atoms with Crippen molar-refractivity contribution in [2.75, 3.05) is 31.2 Å². The summed E-state index contributed by atoms with van der Waals surface area (Å²) in [5.74, 6) is -1.08. The Hall–Kier alpha value is -5.09. The van der Waals surface area contributed by atoms with Gasteiger partial charge in [0, 0.05) is 52.9 Å². The number of aromatic nitrogens is 4. The molecule has 0 radical (unpaired) electrons. The fourth-order valence-corrected chi connectivity index (χ4v) is 5.75. The Morgan fingerprint density at radius 1 is 1.02 bits per heavy atom. The molecule has 204 valence electrons. The lowest BCUT2D eigenvalue weighted by Crippen LogP contribution is -2.36. The predicted octanol–water partition coefficient (Wildman–Crippen LogP) is 4.47. The lowest BCUT2D eigenvalue weighted by molar-refractivity contribution is 0.0997. The molecule has 1 fully saturated rings. The SMILES string of the molecule is Cc1c(-c2cnc(C(N)=O)c3[nH]c4cc(N5CCOCC5)ccc4c23)cccc1-n1cnc2cc(F)ccc2c1=O. The van der Waals surface area contributed by atoms with Crippen LogP contribution in [0.5, 0.6) is 0 Å². The number of nitrogens with zero attached hydrogens (tertiary/aromatic N) is 4. The molecule has 3 aromatic carbocycles. The molecule has 1 aliphatic heterocycles. The van der Waals surface area contributed by atoms with Crippen LogP contribution in [0.25, 0.3) is 49.5 Å². The number of rotatable bonds is 4. The average Bonchev–Trinajstić information content (AvgIpc) is 3.36. The highest BCUT2D eigenvalue weighted by Crippen LogP contribution is 2.39.